The van der Waals surface area contributed by atoms with Gasteiger partial charge in [-0.2, -0.15) is 0 Å². The molecular formula is C25H26N4. The van der Waals surface area contributed by atoms with Gasteiger partial charge < -0.3 is 14.4 Å². The molecule has 0 unspecified atom stereocenters. The molecule has 29 heavy (non-hydrogen) atoms. The smallest absolute Gasteiger partial charge is 0.0966 e. The van der Waals surface area contributed by atoms with E-state index in [-0.39, 0.29) is 6.04 Å². The number of fused-ring (bicyclic) bond motifs is 1. The minimum Gasteiger partial charge on any atom is -0.369 e. The van der Waals surface area contributed by atoms with Gasteiger partial charge in [-0.1, -0.05) is 60.7 Å². The maximum absolute atomic E-state index is 4.73. The number of piperazine rings is 1. The van der Waals surface area contributed by atoms with Gasteiger partial charge >= 0.3 is 0 Å². The van der Waals surface area contributed by atoms with Crippen molar-refractivity contribution >= 4 is 16.7 Å². The summed E-state index contributed by atoms with van der Waals surface area (Å²) < 4.78 is 2.32. The van der Waals surface area contributed by atoms with Crippen LogP contribution in [0.2, 0.25) is 0 Å². The van der Waals surface area contributed by atoms with E-state index in [0.717, 1.165) is 31.7 Å². The van der Waals surface area contributed by atoms with Gasteiger partial charge in [-0.3, -0.25) is 0 Å². The molecular weight excluding hydrogens is 356 g/mol. The lowest BCUT2D eigenvalue weighted by molar-refractivity contribution is 0.313. The fourth-order valence-corrected chi connectivity index (χ4v) is 4.27. The number of aromatic nitrogens is 2. The Labute approximate surface area is 172 Å². The highest BCUT2D eigenvalue weighted by Crippen LogP contribution is 2.31. The number of hydrogen-bond acceptors (Lipinski definition) is 3. The van der Waals surface area contributed by atoms with E-state index in [9.17, 15) is 0 Å². The molecule has 5 rings (SSSR count). The summed E-state index contributed by atoms with van der Waals surface area (Å²) in [5, 5.41) is 0. The summed E-state index contributed by atoms with van der Waals surface area (Å²) in [7, 11) is 2.19. The quantitative estimate of drug-likeness (QED) is 0.522. The van der Waals surface area contributed by atoms with Gasteiger partial charge in [-0.15, -0.1) is 0 Å². The second-order valence-corrected chi connectivity index (χ2v) is 7.84. The molecule has 3 aromatic carbocycles. The third kappa shape index (κ3) is 3.52. The number of rotatable bonds is 4. The molecule has 1 fully saturated rings. The molecule has 0 amide bonds. The van der Waals surface area contributed by atoms with E-state index in [1.807, 2.05) is 6.33 Å². The van der Waals surface area contributed by atoms with Crippen molar-refractivity contribution in [1.82, 2.24) is 14.5 Å². The first-order valence-electron chi connectivity index (χ1n) is 10.3. The molecule has 0 aliphatic carbocycles. The highest BCUT2D eigenvalue weighted by atomic mass is 15.2. The largest absolute Gasteiger partial charge is 0.369 e. The van der Waals surface area contributed by atoms with Crippen LogP contribution in [0.15, 0.2) is 85.2 Å². The Balaban J connectivity index is 1.61. The van der Waals surface area contributed by atoms with Crippen LogP contribution in [0.25, 0.3) is 11.0 Å². The number of imidazole rings is 1. The van der Waals surface area contributed by atoms with Crippen molar-refractivity contribution in [3.05, 3.63) is 96.3 Å². The van der Waals surface area contributed by atoms with E-state index in [1.165, 1.54) is 22.3 Å². The summed E-state index contributed by atoms with van der Waals surface area (Å²) in [5.41, 5.74) is 6.04. The summed E-state index contributed by atoms with van der Waals surface area (Å²) in [6.07, 6.45) is 1.99. The fourth-order valence-electron chi connectivity index (χ4n) is 4.27. The molecule has 0 N–H and O–H groups in total. The lowest BCUT2D eigenvalue weighted by Crippen LogP contribution is -2.44. The molecule has 1 aromatic heterocycles. The average molecular weight is 383 g/mol. The maximum Gasteiger partial charge on any atom is 0.0966 e. The molecule has 1 aliphatic rings. The standard InChI is InChI=1S/C25H26N4/c1-27-14-16-28(17-15-27)22-12-13-23-24(18-22)29(19-26-23)25(20-8-4-2-5-9-20)21-10-6-3-7-11-21/h2-13,18-19,25H,14-17H2,1H3. The zero-order valence-corrected chi connectivity index (χ0v) is 16.8. The van der Waals surface area contributed by atoms with Gasteiger partial charge in [0.25, 0.3) is 0 Å². The highest BCUT2D eigenvalue weighted by Gasteiger charge is 2.20. The second kappa shape index (κ2) is 7.72. The van der Waals surface area contributed by atoms with Crippen LogP contribution in [-0.4, -0.2) is 47.7 Å². The van der Waals surface area contributed by atoms with Gasteiger partial charge in [0.2, 0.25) is 0 Å². The van der Waals surface area contributed by atoms with E-state index in [2.05, 4.69) is 100 Å². The van der Waals surface area contributed by atoms with Crippen molar-refractivity contribution < 1.29 is 0 Å². The molecule has 0 atom stereocenters. The molecule has 4 aromatic rings. The molecule has 0 saturated carbocycles. The van der Waals surface area contributed by atoms with Crippen LogP contribution in [0, 0.1) is 0 Å². The van der Waals surface area contributed by atoms with Gasteiger partial charge in [0.1, 0.15) is 0 Å². The van der Waals surface area contributed by atoms with Crippen molar-refractivity contribution in [3.63, 3.8) is 0 Å². The second-order valence-electron chi connectivity index (χ2n) is 7.84. The SMILES string of the molecule is CN1CCN(c2ccc3ncn(C(c4ccccc4)c4ccccc4)c3c2)CC1. The maximum atomic E-state index is 4.73. The Bertz CT molecular complexity index is 1040. The van der Waals surface area contributed by atoms with Crippen molar-refractivity contribution in [2.24, 2.45) is 0 Å². The molecule has 0 spiro atoms. The number of likely N-dealkylation sites (N-methyl/N-ethyl adjacent to an activating group) is 1. The summed E-state index contributed by atoms with van der Waals surface area (Å²) >= 11 is 0. The van der Waals surface area contributed by atoms with E-state index in [1.54, 1.807) is 0 Å². The van der Waals surface area contributed by atoms with Crippen LogP contribution in [-0.2, 0) is 0 Å². The Hall–Kier alpha value is -3.11. The first kappa shape index (κ1) is 18.0. The van der Waals surface area contributed by atoms with Crippen molar-refractivity contribution in [2.75, 3.05) is 38.1 Å². The van der Waals surface area contributed by atoms with Crippen LogP contribution < -0.4 is 4.90 Å². The third-order valence-electron chi connectivity index (χ3n) is 5.94. The van der Waals surface area contributed by atoms with Gasteiger partial charge in [0, 0.05) is 31.9 Å². The molecule has 0 bridgehead atoms. The minimum atomic E-state index is 0.102. The predicted molar refractivity (Wildman–Crippen MR) is 120 cm³/mol. The number of benzene rings is 3. The monoisotopic (exact) mass is 382 g/mol. The molecule has 0 radical (unpaired) electrons. The predicted octanol–water partition coefficient (Wildman–Crippen LogP) is 4.43. The average Bonchev–Trinajstić information content (AvgIpc) is 3.19. The van der Waals surface area contributed by atoms with Gasteiger partial charge in [0.15, 0.2) is 0 Å². The number of anilines is 1. The van der Waals surface area contributed by atoms with Crippen LogP contribution in [0.5, 0.6) is 0 Å². The van der Waals surface area contributed by atoms with Crippen LogP contribution >= 0.6 is 0 Å². The normalized spacial score (nSPS) is 15.3. The zero-order valence-electron chi connectivity index (χ0n) is 16.8. The summed E-state index contributed by atoms with van der Waals surface area (Å²) in [6.45, 7) is 4.34. The van der Waals surface area contributed by atoms with Gasteiger partial charge in [-0.05, 0) is 36.4 Å². The first-order chi connectivity index (χ1) is 14.3. The highest BCUT2D eigenvalue weighted by molar-refractivity contribution is 5.80. The molecule has 1 saturated heterocycles. The molecule has 2 heterocycles. The Morgan fingerprint density at radius 1 is 0.759 bits per heavy atom. The Morgan fingerprint density at radius 2 is 1.38 bits per heavy atom. The van der Waals surface area contributed by atoms with E-state index in [0.29, 0.717) is 0 Å². The zero-order chi connectivity index (χ0) is 19.6. The van der Waals surface area contributed by atoms with Crippen molar-refractivity contribution in [1.29, 1.82) is 0 Å². The van der Waals surface area contributed by atoms with Gasteiger partial charge in [-0.25, -0.2) is 4.98 Å². The van der Waals surface area contributed by atoms with Crippen molar-refractivity contribution in [2.45, 2.75) is 6.04 Å². The summed E-state index contributed by atoms with van der Waals surface area (Å²) in [4.78, 5) is 9.60. The first-order valence-corrected chi connectivity index (χ1v) is 10.3. The minimum absolute atomic E-state index is 0.102. The van der Waals surface area contributed by atoms with E-state index in [4.69, 9.17) is 4.98 Å². The third-order valence-corrected chi connectivity index (χ3v) is 5.94. The summed E-state index contributed by atoms with van der Waals surface area (Å²) in [5.74, 6) is 0. The van der Waals surface area contributed by atoms with Crippen molar-refractivity contribution in [3.8, 4) is 0 Å². The van der Waals surface area contributed by atoms with E-state index < -0.39 is 0 Å². The number of nitrogens with zero attached hydrogens (tertiary/aromatic N) is 4. The lowest BCUT2D eigenvalue weighted by Gasteiger charge is -2.34. The summed E-state index contributed by atoms with van der Waals surface area (Å²) in [6, 6.07) is 28.2. The molecule has 4 heteroatoms. The van der Waals surface area contributed by atoms with Crippen LogP contribution in [0.4, 0.5) is 5.69 Å². The van der Waals surface area contributed by atoms with E-state index >= 15 is 0 Å². The topological polar surface area (TPSA) is 24.3 Å². The Kier molecular flexibility index (Phi) is 4.78. The Morgan fingerprint density at radius 3 is 2.00 bits per heavy atom. The fraction of sp³-hybridized carbons (Fsp3) is 0.240. The lowest BCUT2D eigenvalue weighted by atomic mass is 9.98. The molecule has 146 valence electrons. The van der Waals surface area contributed by atoms with Crippen LogP contribution in [0.1, 0.15) is 17.2 Å². The van der Waals surface area contributed by atoms with Gasteiger partial charge in [0.05, 0.1) is 23.4 Å². The number of hydrogen-bond donors (Lipinski definition) is 0. The molecule has 4 nitrogen and oxygen atoms in total. The molecule has 1 aliphatic heterocycles. The van der Waals surface area contributed by atoms with Crippen LogP contribution in [0.3, 0.4) is 0 Å².